The normalized spacial score (nSPS) is 41.1. The lowest BCUT2D eigenvalue weighted by molar-refractivity contribution is -0.0688. The van der Waals surface area contributed by atoms with Crippen molar-refractivity contribution in [1.82, 2.24) is 0 Å². The van der Waals surface area contributed by atoms with E-state index in [1.54, 1.807) is 0 Å². The molecule has 0 heterocycles. The van der Waals surface area contributed by atoms with Crippen LogP contribution in [0, 0.1) is 17.8 Å². The molecule has 0 radical (unpaired) electrons. The van der Waals surface area contributed by atoms with Gasteiger partial charge in [-0.25, -0.2) is 0 Å². The molecule has 0 aromatic heterocycles. The topological polar surface area (TPSA) is 20.2 Å². The van der Waals surface area contributed by atoms with Gasteiger partial charge in [-0.05, 0) is 43.4 Å². The molecule has 0 aliphatic heterocycles. The largest absolute Gasteiger partial charge is 0.390 e. The van der Waals surface area contributed by atoms with Crippen molar-refractivity contribution in [3.05, 3.63) is 0 Å². The zero-order chi connectivity index (χ0) is 10.1. The van der Waals surface area contributed by atoms with Crippen LogP contribution in [0.3, 0.4) is 0 Å². The third-order valence-electron chi connectivity index (χ3n) is 4.06. The highest BCUT2D eigenvalue weighted by molar-refractivity contribution is 4.90. The highest BCUT2D eigenvalue weighted by atomic mass is 16.3. The second-order valence-electron chi connectivity index (χ2n) is 5.14. The van der Waals surface area contributed by atoms with Gasteiger partial charge in [-0.2, -0.15) is 0 Å². The molecule has 1 aliphatic carbocycles. The Bertz CT molecular complexity index is 165. The van der Waals surface area contributed by atoms with Crippen molar-refractivity contribution in [3.8, 4) is 0 Å². The molecule has 0 aromatic carbocycles. The van der Waals surface area contributed by atoms with Gasteiger partial charge in [0.1, 0.15) is 0 Å². The van der Waals surface area contributed by atoms with Crippen LogP contribution in [0.1, 0.15) is 53.4 Å². The summed E-state index contributed by atoms with van der Waals surface area (Å²) in [6.45, 7) is 8.85. The summed E-state index contributed by atoms with van der Waals surface area (Å²) < 4.78 is 0. The number of hydrogen-bond acceptors (Lipinski definition) is 1. The maximum absolute atomic E-state index is 10.4. The van der Waals surface area contributed by atoms with E-state index in [2.05, 4.69) is 27.7 Å². The minimum Gasteiger partial charge on any atom is -0.390 e. The van der Waals surface area contributed by atoms with Gasteiger partial charge in [0.05, 0.1) is 5.60 Å². The summed E-state index contributed by atoms with van der Waals surface area (Å²) in [6, 6.07) is 0. The van der Waals surface area contributed by atoms with Gasteiger partial charge in [-0.3, -0.25) is 0 Å². The lowest BCUT2D eigenvalue weighted by Gasteiger charge is -2.42. The highest BCUT2D eigenvalue weighted by Gasteiger charge is 2.39. The molecule has 0 saturated heterocycles. The molecule has 1 aliphatic rings. The lowest BCUT2D eigenvalue weighted by atomic mass is 9.67. The maximum atomic E-state index is 10.4. The summed E-state index contributed by atoms with van der Waals surface area (Å²) in [7, 11) is 0. The molecule has 0 aromatic rings. The second kappa shape index (κ2) is 4.00. The summed E-state index contributed by atoms with van der Waals surface area (Å²) in [5.41, 5.74) is -0.368. The first kappa shape index (κ1) is 11.0. The molecule has 13 heavy (non-hydrogen) atoms. The molecule has 1 nitrogen and oxygen atoms in total. The summed E-state index contributed by atoms with van der Waals surface area (Å²) >= 11 is 0. The van der Waals surface area contributed by atoms with Gasteiger partial charge in [-0.15, -0.1) is 0 Å². The maximum Gasteiger partial charge on any atom is 0.0673 e. The lowest BCUT2D eigenvalue weighted by Crippen LogP contribution is -2.42. The predicted octanol–water partition coefficient (Wildman–Crippen LogP) is 3.22. The molecule has 1 N–H and O–H groups in total. The Hall–Kier alpha value is -0.0400. The van der Waals surface area contributed by atoms with Crippen molar-refractivity contribution in [2.45, 2.75) is 59.0 Å². The van der Waals surface area contributed by atoms with Crippen molar-refractivity contribution < 1.29 is 5.11 Å². The molecular weight excluding hydrogens is 160 g/mol. The first-order valence-corrected chi connectivity index (χ1v) is 5.72. The first-order valence-electron chi connectivity index (χ1n) is 5.72. The summed E-state index contributed by atoms with van der Waals surface area (Å²) in [4.78, 5) is 0. The van der Waals surface area contributed by atoms with E-state index in [9.17, 15) is 5.11 Å². The Morgan fingerprint density at radius 3 is 2.46 bits per heavy atom. The van der Waals surface area contributed by atoms with Gasteiger partial charge in [0.2, 0.25) is 0 Å². The SMILES string of the molecule is CC[C@]1(O)C[C@@H](C(C)C)CC[C@@H]1C. The van der Waals surface area contributed by atoms with Crippen LogP contribution in [0.4, 0.5) is 0 Å². The Balaban J connectivity index is 2.63. The molecule has 1 rings (SSSR count). The third-order valence-corrected chi connectivity index (χ3v) is 4.06. The van der Waals surface area contributed by atoms with E-state index in [0.29, 0.717) is 5.92 Å². The van der Waals surface area contributed by atoms with Crippen molar-refractivity contribution in [3.63, 3.8) is 0 Å². The standard InChI is InChI=1S/C12H24O/c1-5-12(13)8-11(9(2)3)7-6-10(12)4/h9-11,13H,5-8H2,1-4H3/t10-,11-,12-/m0/s1. The third kappa shape index (κ3) is 2.25. The van der Waals surface area contributed by atoms with E-state index in [4.69, 9.17) is 0 Å². The minimum absolute atomic E-state index is 0.368. The Morgan fingerprint density at radius 1 is 1.38 bits per heavy atom. The predicted molar refractivity (Wildman–Crippen MR) is 56.6 cm³/mol. The molecule has 0 spiro atoms. The number of hydrogen-bond donors (Lipinski definition) is 1. The fourth-order valence-corrected chi connectivity index (χ4v) is 2.55. The number of rotatable bonds is 2. The molecular formula is C12H24O. The average Bonchev–Trinajstić information content (AvgIpc) is 2.09. The van der Waals surface area contributed by atoms with Crippen molar-refractivity contribution >= 4 is 0 Å². The minimum atomic E-state index is -0.368. The van der Waals surface area contributed by atoms with Crippen molar-refractivity contribution in [2.24, 2.45) is 17.8 Å². The molecule has 78 valence electrons. The van der Waals surface area contributed by atoms with Gasteiger partial charge >= 0.3 is 0 Å². The molecule has 1 saturated carbocycles. The van der Waals surface area contributed by atoms with E-state index in [1.165, 1.54) is 12.8 Å². The van der Waals surface area contributed by atoms with Crippen LogP contribution in [-0.4, -0.2) is 10.7 Å². The van der Waals surface area contributed by atoms with E-state index in [-0.39, 0.29) is 5.60 Å². The summed E-state index contributed by atoms with van der Waals surface area (Å²) in [5.74, 6) is 1.96. The zero-order valence-electron chi connectivity index (χ0n) is 9.51. The fraction of sp³-hybridized carbons (Fsp3) is 1.00. The van der Waals surface area contributed by atoms with Crippen LogP contribution in [-0.2, 0) is 0 Å². The second-order valence-corrected chi connectivity index (χ2v) is 5.14. The van der Waals surface area contributed by atoms with Crippen LogP contribution in [0.15, 0.2) is 0 Å². The zero-order valence-corrected chi connectivity index (χ0v) is 9.51. The average molecular weight is 184 g/mol. The molecule has 0 amide bonds. The quantitative estimate of drug-likeness (QED) is 0.698. The molecule has 3 atom stereocenters. The molecule has 0 unspecified atom stereocenters. The van der Waals surface area contributed by atoms with Gasteiger partial charge < -0.3 is 5.11 Å². The summed E-state index contributed by atoms with van der Waals surface area (Å²) in [6.07, 6.45) is 4.44. The van der Waals surface area contributed by atoms with Crippen LogP contribution in [0.25, 0.3) is 0 Å². The van der Waals surface area contributed by atoms with Gasteiger partial charge in [0.15, 0.2) is 0 Å². The molecule has 0 bridgehead atoms. The van der Waals surface area contributed by atoms with Crippen LogP contribution < -0.4 is 0 Å². The van der Waals surface area contributed by atoms with Gasteiger partial charge in [0, 0.05) is 0 Å². The first-order chi connectivity index (χ1) is 5.99. The summed E-state index contributed by atoms with van der Waals surface area (Å²) in [5, 5.41) is 10.4. The van der Waals surface area contributed by atoms with E-state index < -0.39 is 0 Å². The van der Waals surface area contributed by atoms with Crippen LogP contribution in [0.5, 0.6) is 0 Å². The van der Waals surface area contributed by atoms with Gasteiger partial charge in [-0.1, -0.05) is 27.7 Å². The van der Waals surface area contributed by atoms with Crippen LogP contribution >= 0.6 is 0 Å². The van der Waals surface area contributed by atoms with Crippen molar-refractivity contribution in [2.75, 3.05) is 0 Å². The Morgan fingerprint density at radius 2 is 2.00 bits per heavy atom. The fourth-order valence-electron chi connectivity index (χ4n) is 2.55. The smallest absolute Gasteiger partial charge is 0.0673 e. The Kier molecular flexibility index (Phi) is 3.39. The van der Waals surface area contributed by atoms with E-state index in [1.807, 2.05) is 0 Å². The van der Waals surface area contributed by atoms with Crippen LogP contribution in [0.2, 0.25) is 0 Å². The highest BCUT2D eigenvalue weighted by Crippen LogP contribution is 2.41. The van der Waals surface area contributed by atoms with E-state index in [0.717, 1.165) is 24.7 Å². The van der Waals surface area contributed by atoms with Crippen molar-refractivity contribution in [1.29, 1.82) is 0 Å². The molecule has 1 heteroatoms. The monoisotopic (exact) mass is 184 g/mol. The molecule has 1 fully saturated rings. The van der Waals surface area contributed by atoms with E-state index >= 15 is 0 Å². The van der Waals surface area contributed by atoms with Gasteiger partial charge in [0.25, 0.3) is 0 Å². The number of aliphatic hydroxyl groups is 1. The Labute approximate surface area is 82.5 Å².